The molecular weight excluding hydrogens is 444 g/mol. The van der Waals surface area contributed by atoms with Crippen molar-refractivity contribution in [3.63, 3.8) is 0 Å². The zero-order valence-corrected chi connectivity index (χ0v) is 20.3. The van der Waals surface area contributed by atoms with Crippen LogP contribution < -0.4 is 10.6 Å². The zero-order valence-electron chi connectivity index (χ0n) is 20.3. The molecule has 7 nitrogen and oxygen atoms in total. The first-order valence-electron chi connectivity index (χ1n) is 12.5. The number of fused-ring (bicyclic) bond motifs is 3. The first-order valence-corrected chi connectivity index (χ1v) is 12.5. The lowest BCUT2D eigenvalue weighted by Gasteiger charge is -2.30. The van der Waals surface area contributed by atoms with E-state index in [-0.39, 0.29) is 36.3 Å². The fourth-order valence-corrected chi connectivity index (χ4v) is 5.26. The third kappa shape index (κ3) is 5.50. The van der Waals surface area contributed by atoms with Gasteiger partial charge in [0.15, 0.2) is 0 Å². The second-order valence-electron chi connectivity index (χ2n) is 9.73. The number of carboxylic acids is 1. The Bertz CT molecular complexity index is 1030. The minimum absolute atomic E-state index is 0.0141. The van der Waals surface area contributed by atoms with Crippen LogP contribution in [-0.2, 0) is 14.3 Å². The molecule has 0 spiro atoms. The van der Waals surface area contributed by atoms with Crippen LogP contribution in [0.4, 0.5) is 4.79 Å². The highest BCUT2D eigenvalue weighted by Gasteiger charge is 2.33. The number of carbonyl (C=O) groups is 3. The van der Waals surface area contributed by atoms with Crippen molar-refractivity contribution in [2.75, 3.05) is 6.61 Å². The molecule has 7 heteroatoms. The highest BCUT2D eigenvalue weighted by Crippen LogP contribution is 2.44. The molecular formula is C28H34N2O5. The Hall–Kier alpha value is -3.35. The van der Waals surface area contributed by atoms with E-state index in [9.17, 15) is 19.5 Å². The summed E-state index contributed by atoms with van der Waals surface area (Å²) in [6, 6.07) is 15.5. The van der Waals surface area contributed by atoms with Crippen molar-refractivity contribution in [1.29, 1.82) is 0 Å². The Balaban J connectivity index is 1.26. The molecule has 2 aromatic carbocycles. The summed E-state index contributed by atoms with van der Waals surface area (Å²) < 4.78 is 5.64. The van der Waals surface area contributed by atoms with Gasteiger partial charge in [0.25, 0.3) is 0 Å². The van der Waals surface area contributed by atoms with Crippen LogP contribution in [0.2, 0.25) is 0 Å². The molecule has 0 radical (unpaired) electrons. The fraction of sp³-hybridized carbons (Fsp3) is 0.464. The second-order valence-corrected chi connectivity index (χ2v) is 9.73. The van der Waals surface area contributed by atoms with Crippen LogP contribution in [0.3, 0.4) is 0 Å². The SMILES string of the molecule is CCC(C)[C@H](NC(=O)C1CCC(NC(=O)OCC2c3ccccc3-c3ccccc32)CC1)C(=O)O. The molecule has 0 aliphatic heterocycles. The van der Waals surface area contributed by atoms with Crippen LogP contribution in [0.25, 0.3) is 11.1 Å². The molecule has 3 N–H and O–H groups in total. The van der Waals surface area contributed by atoms with E-state index in [1.54, 1.807) is 0 Å². The van der Waals surface area contributed by atoms with Crippen molar-refractivity contribution in [3.05, 3.63) is 59.7 Å². The van der Waals surface area contributed by atoms with Crippen molar-refractivity contribution in [2.45, 2.75) is 64.0 Å². The molecule has 1 unspecified atom stereocenters. The quantitative estimate of drug-likeness (QED) is 0.510. The van der Waals surface area contributed by atoms with Crippen molar-refractivity contribution in [2.24, 2.45) is 11.8 Å². The number of amides is 2. The predicted molar refractivity (Wildman–Crippen MR) is 133 cm³/mol. The van der Waals surface area contributed by atoms with Gasteiger partial charge in [-0.1, -0.05) is 68.8 Å². The summed E-state index contributed by atoms with van der Waals surface area (Å²) in [4.78, 5) is 36.7. The molecule has 0 aromatic heterocycles. The number of benzene rings is 2. The number of hydrogen-bond acceptors (Lipinski definition) is 4. The average molecular weight is 479 g/mol. The fourth-order valence-electron chi connectivity index (χ4n) is 5.26. The highest BCUT2D eigenvalue weighted by molar-refractivity contribution is 5.85. The van der Waals surface area contributed by atoms with Crippen LogP contribution in [0.15, 0.2) is 48.5 Å². The van der Waals surface area contributed by atoms with Gasteiger partial charge in [-0.25, -0.2) is 9.59 Å². The number of hydrogen-bond donors (Lipinski definition) is 3. The van der Waals surface area contributed by atoms with Gasteiger partial charge in [0.2, 0.25) is 5.91 Å². The molecule has 1 saturated carbocycles. The summed E-state index contributed by atoms with van der Waals surface area (Å²) in [6.07, 6.45) is 2.75. The van der Waals surface area contributed by atoms with Crippen molar-refractivity contribution < 1.29 is 24.2 Å². The smallest absolute Gasteiger partial charge is 0.407 e. The molecule has 0 saturated heterocycles. The van der Waals surface area contributed by atoms with Crippen molar-refractivity contribution in [1.82, 2.24) is 10.6 Å². The Morgan fingerprint density at radius 3 is 2.09 bits per heavy atom. The molecule has 0 bridgehead atoms. The molecule has 2 atom stereocenters. The normalized spacial score (nSPS) is 20.7. The largest absolute Gasteiger partial charge is 0.480 e. The van der Waals surface area contributed by atoms with Crippen LogP contribution in [-0.4, -0.2) is 41.8 Å². The third-order valence-electron chi connectivity index (χ3n) is 7.54. The first kappa shape index (κ1) is 24.8. The van der Waals surface area contributed by atoms with E-state index in [4.69, 9.17) is 4.74 Å². The maximum Gasteiger partial charge on any atom is 0.407 e. The molecule has 2 aromatic rings. The number of ether oxygens (including phenoxy) is 1. The number of carbonyl (C=O) groups excluding carboxylic acids is 2. The molecule has 2 aliphatic carbocycles. The van der Waals surface area contributed by atoms with Gasteiger partial charge in [-0.2, -0.15) is 0 Å². The summed E-state index contributed by atoms with van der Waals surface area (Å²) in [5.41, 5.74) is 4.72. The number of alkyl carbamates (subject to hydrolysis) is 1. The number of aliphatic carboxylic acids is 1. The Morgan fingerprint density at radius 1 is 0.971 bits per heavy atom. The molecule has 186 valence electrons. The highest BCUT2D eigenvalue weighted by atomic mass is 16.5. The maximum absolute atomic E-state index is 12.6. The second kappa shape index (κ2) is 10.9. The van der Waals surface area contributed by atoms with Gasteiger partial charge in [-0.15, -0.1) is 0 Å². The van der Waals surface area contributed by atoms with Crippen LogP contribution >= 0.6 is 0 Å². The zero-order chi connectivity index (χ0) is 24.9. The van der Waals surface area contributed by atoms with Crippen LogP contribution in [0.1, 0.15) is 63.0 Å². The standard InChI is InChI=1S/C28H34N2O5/c1-3-17(2)25(27(32)33)30-26(31)18-12-14-19(15-13-18)29-28(34)35-16-24-22-10-6-4-8-20(22)21-9-5-7-11-23(21)24/h4-11,17-19,24-25H,3,12-16H2,1-2H3,(H,29,34)(H,30,31)(H,32,33)/t17?,18?,19?,25-/m0/s1. The topological polar surface area (TPSA) is 105 Å². The van der Waals surface area contributed by atoms with Gasteiger partial charge < -0.3 is 20.5 Å². The van der Waals surface area contributed by atoms with Gasteiger partial charge in [0.05, 0.1) is 0 Å². The van der Waals surface area contributed by atoms with Crippen LogP contribution in [0.5, 0.6) is 0 Å². The monoisotopic (exact) mass is 478 g/mol. The van der Waals surface area contributed by atoms with E-state index in [0.29, 0.717) is 32.1 Å². The lowest BCUT2D eigenvalue weighted by atomic mass is 9.85. The first-order chi connectivity index (χ1) is 16.9. The Labute approximate surface area is 206 Å². The Kier molecular flexibility index (Phi) is 7.73. The van der Waals surface area contributed by atoms with E-state index in [2.05, 4.69) is 34.9 Å². The van der Waals surface area contributed by atoms with E-state index in [0.717, 1.165) is 0 Å². The van der Waals surface area contributed by atoms with E-state index in [1.807, 2.05) is 38.1 Å². The lowest BCUT2D eigenvalue weighted by Crippen LogP contribution is -2.48. The summed E-state index contributed by atoms with van der Waals surface area (Å²) in [6.45, 7) is 4.00. The van der Waals surface area contributed by atoms with Crippen LogP contribution in [0, 0.1) is 11.8 Å². The summed E-state index contributed by atoms with van der Waals surface area (Å²) in [7, 11) is 0. The molecule has 1 fully saturated rings. The van der Waals surface area contributed by atoms with E-state index >= 15 is 0 Å². The summed E-state index contributed by atoms with van der Waals surface area (Å²) in [5.74, 6) is -1.57. The van der Waals surface area contributed by atoms with E-state index < -0.39 is 18.1 Å². The van der Waals surface area contributed by atoms with Crippen molar-refractivity contribution >= 4 is 18.0 Å². The lowest BCUT2D eigenvalue weighted by molar-refractivity contribution is -0.144. The Morgan fingerprint density at radius 2 is 1.54 bits per heavy atom. The third-order valence-corrected chi connectivity index (χ3v) is 7.54. The van der Waals surface area contributed by atoms with Crippen molar-refractivity contribution in [3.8, 4) is 11.1 Å². The number of nitrogens with one attached hydrogen (secondary N) is 2. The number of carboxylic acid groups (broad SMARTS) is 1. The van der Waals surface area contributed by atoms with Gasteiger partial charge in [-0.05, 0) is 53.9 Å². The minimum atomic E-state index is -1.00. The summed E-state index contributed by atoms with van der Waals surface area (Å²) >= 11 is 0. The molecule has 2 amide bonds. The predicted octanol–water partition coefficient (Wildman–Crippen LogP) is 4.70. The molecule has 4 rings (SSSR count). The average Bonchev–Trinajstić information content (AvgIpc) is 3.19. The van der Waals surface area contributed by atoms with Gasteiger partial charge in [-0.3, -0.25) is 4.79 Å². The maximum atomic E-state index is 12.6. The molecule has 2 aliphatic rings. The van der Waals surface area contributed by atoms with Gasteiger partial charge in [0, 0.05) is 17.9 Å². The molecule has 35 heavy (non-hydrogen) atoms. The number of rotatable bonds is 8. The van der Waals surface area contributed by atoms with E-state index in [1.165, 1.54) is 22.3 Å². The van der Waals surface area contributed by atoms with Gasteiger partial charge in [0.1, 0.15) is 12.6 Å². The van der Waals surface area contributed by atoms with Gasteiger partial charge >= 0.3 is 12.1 Å². The minimum Gasteiger partial charge on any atom is -0.480 e. The summed E-state index contributed by atoms with van der Waals surface area (Å²) in [5, 5.41) is 15.1. The molecule has 0 heterocycles.